The average Bonchev–Trinajstić information content (AvgIpc) is 3.08. The van der Waals surface area contributed by atoms with Gasteiger partial charge in [0.2, 0.25) is 5.82 Å². The summed E-state index contributed by atoms with van der Waals surface area (Å²) in [6.45, 7) is 4.21. The average molecular weight is 331 g/mol. The molecule has 0 aliphatic rings. The Bertz CT molecular complexity index is 1040. The molecule has 0 spiro atoms. The van der Waals surface area contributed by atoms with E-state index in [0.717, 1.165) is 33.5 Å². The Hall–Kier alpha value is -3.21. The van der Waals surface area contributed by atoms with E-state index < -0.39 is 0 Å². The van der Waals surface area contributed by atoms with Crippen molar-refractivity contribution < 1.29 is 9.26 Å². The van der Waals surface area contributed by atoms with E-state index in [9.17, 15) is 0 Å². The maximum absolute atomic E-state index is 5.72. The molecule has 25 heavy (non-hydrogen) atoms. The summed E-state index contributed by atoms with van der Waals surface area (Å²) in [5, 5.41) is 5.11. The van der Waals surface area contributed by atoms with E-state index in [4.69, 9.17) is 9.26 Å². The van der Waals surface area contributed by atoms with Crippen molar-refractivity contribution in [2.24, 2.45) is 0 Å². The number of fused-ring (bicyclic) bond motifs is 1. The fourth-order valence-corrected chi connectivity index (χ4v) is 2.77. The van der Waals surface area contributed by atoms with Crippen LogP contribution in [0.15, 0.2) is 59.1 Å². The van der Waals surface area contributed by atoms with Crippen LogP contribution in [-0.2, 0) is 6.61 Å². The van der Waals surface area contributed by atoms with E-state index in [1.54, 1.807) is 0 Å². The third-order valence-electron chi connectivity index (χ3n) is 3.91. The van der Waals surface area contributed by atoms with Gasteiger partial charge in [-0.2, -0.15) is 4.98 Å². The Morgan fingerprint density at radius 2 is 1.84 bits per heavy atom. The van der Waals surface area contributed by atoms with E-state index in [-0.39, 0.29) is 6.61 Å². The summed E-state index contributed by atoms with van der Waals surface area (Å²) in [6, 6.07) is 17.8. The smallest absolute Gasteiger partial charge is 0.264 e. The highest BCUT2D eigenvalue weighted by atomic mass is 16.5. The van der Waals surface area contributed by atoms with Crippen molar-refractivity contribution in [1.82, 2.24) is 15.1 Å². The van der Waals surface area contributed by atoms with Crippen molar-refractivity contribution in [3.63, 3.8) is 0 Å². The maximum atomic E-state index is 5.72. The Labute approximate surface area is 145 Å². The molecule has 5 heteroatoms. The summed E-state index contributed by atoms with van der Waals surface area (Å²) in [5.41, 5.74) is 3.88. The lowest BCUT2D eigenvalue weighted by molar-refractivity contribution is 0.243. The van der Waals surface area contributed by atoms with Gasteiger partial charge in [0, 0.05) is 16.6 Å². The molecule has 0 aliphatic carbocycles. The van der Waals surface area contributed by atoms with E-state index in [0.29, 0.717) is 11.7 Å². The number of ether oxygens (including phenoxy) is 1. The topological polar surface area (TPSA) is 61.0 Å². The monoisotopic (exact) mass is 331 g/mol. The summed E-state index contributed by atoms with van der Waals surface area (Å²) in [4.78, 5) is 9.02. The highest BCUT2D eigenvalue weighted by Gasteiger charge is 2.13. The second-order valence-corrected chi connectivity index (χ2v) is 5.95. The SMILES string of the molecule is Cc1cccc(OCc2nc(-c3cc(C)nc4ccccc34)no2)c1. The van der Waals surface area contributed by atoms with Gasteiger partial charge in [-0.15, -0.1) is 0 Å². The van der Waals surface area contributed by atoms with Gasteiger partial charge in [-0.25, -0.2) is 0 Å². The molecule has 4 rings (SSSR count). The van der Waals surface area contributed by atoms with Crippen molar-refractivity contribution in [1.29, 1.82) is 0 Å². The number of pyridine rings is 1. The second kappa shape index (κ2) is 6.36. The molecule has 0 saturated heterocycles. The quantitative estimate of drug-likeness (QED) is 0.552. The van der Waals surface area contributed by atoms with Crippen molar-refractivity contribution in [3.8, 4) is 17.1 Å². The first-order valence-electron chi connectivity index (χ1n) is 8.08. The Morgan fingerprint density at radius 1 is 0.960 bits per heavy atom. The second-order valence-electron chi connectivity index (χ2n) is 5.95. The predicted molar refractivity (Wildman–Crippen MR) is 95.3 cm³/mol. The Balaban J connectivity index is 1.61. The zero-order valence-electron chi connectivity index (χ0n) is 14.1. The van der Waals surface area contributed by atoms with Gasteiger partial charge in [-0.1, -0.05) is 35.5 Å². The molecule has 2 aromatic carbocycles. The van der Waals surface area contributed by atoms with Crippen molar-refractivity contribution in [3.05, 3.63) is 71.7 Å². The third kappa shape index (κ3) is 3.21. The van der Waals surface area contributed by atoms with Crippen LogP contribution in [0.2, 0.25) is 0 Å². The number of benzene rings is 2. The molecule has 2 aromatic heterocycles. The summed E-state index contributed by atoms with van der Waals surface area (Å²) in [7, 11) is 0. The van der Waals surface area contributed by atoms with Crippen LogP contribution in [0.1, 0.15) is 17.1 Å². The Morgan fingerprint density at radius 3 is 2.72 bits per heavy atom. The maximum Gasteiger partial charge on any atom is 0.264 e. The normalized spacial score (nSPS) is 11.0. The van der Waals surface area contributed by atoms with Gasteiger partial charge in [0.05, 0.1) is 5.52 Å². The molecule has 0 saturated carbocycles. The van der Waals surface area contributed by atoms with Crippen LogP contribution in [0.5, 0.6) is 5.75 Å². The first-order valence-corrected chi connectivity index (χ1v) is 8.08. The standard InChI is InChI=1S/C20H17N3O2/c1-13-6-5-7-15(10-13)24-12-19-22-20(23-25-19)17-11-14(2)21-18-9-4-3-8-16(17)18/h3-11H,12H2,1-2H3. The zero-order valence-corrected chi connectivity index (χ0v) is 14.1. The van der Waals surface area contributed by atoms with Crippen LogP contribution in [0.4, 0.5) is 0 Å². The van der Waals surface area contributed by atoms with Crippen LogP contribution in [0.25, 0.3) is 22.3 Å². The van der Waals surface area contributed by atoms with Gasteiger partial charge in [-0.3, -0.25) is 4.98 Å². The molecular formula is C20H17N3O2. The highest BCUT2D eigenvalue weighted by Crippen LogP contribution is 2.26. The number of aryl methyl sites for hydroxylation is 2. The number of para-hydroxylation sites is 1. The van der Waals surface area contributed by atoms with Crippen LogP contribution >= 0.6 is 0 Å². The van der Waals surface area contributed by atoms with Crippen LogP contribution in [-0.4, -0.2) is 15.1 Å². The number of aromatic nitrogens is 3. The molecule has 0 aliphatic heterocycles. The lowest BCUT2D eigenvalue weighted by Gasteiger charge is -2.04. The summed E-state index contributed by atoms with van der Waals surface area (Å²) >= 11 is 0. The first kappa shape index (κ1) is 15.3. The van der Waals surface area contributed by atoms with E-state index in [1.165, 1.54) is 0 Å². The molecule has 5 nitrogen and oxygen atoms in total. The predicted octanol–water partition coefficient (Wildman–Crippen LogP) is 4.48. The molecule has 0 fully saturated rings. The van der Waals surface area contributed by atoms with Crippen molar-refractivity contribution >= 4 is 10.9 Å². The van der Waals surface area contributed by atoms with Gasteiger partial charge in [0.15, 0.2) is 6.61 Å². The van der Waals surface area contributed by atoms with Crippen LogP contribution in [0.3, 0.4) is 0 Å². The zero-order chi connectivity index (χ0) is 17.2. The van der Waals surface area contributed by atoms with Gasteiger partial charge >= 0.3 is 0 Å². The van der Waals surface area contributed by atoms with Crippen molar-refractivity contribution in [2.45, 2.75) is 20.5 Å². The molecule has 0 amide bonds. The van der Waals surface area contributed by atoms with Gasteiger partial charge in [0.1, 0.15) is 5.75 Å². The molecule has 0 N–H and O–H groups in total. The van der Waals surface area contributed by atoms with Crippen molar-refractivity contribution in [2.75, 3.05) is 0 Å². The van der Waals surface area contributed by atoms with Gasteiger partial charge < -0.3 is 9.26 Å². The van der Waals surface area contributed by atoms with Gasteiger partial charge in [0.25, 0.3) is 5.89 Å². The molecule has 2 heterocycles. The van der Waals surface area contributed by atoms with E-state index in [2.05, 4.69) is 15.1 Å². The molecule has 124 valence electrons. The Kier molecular flexibility index (Phi) is 3.90. The summed E-state index contributed by atoms with van der Waals surface area (Å²) < 4.78 is 11.1. The first-order chi connectivity index (χ1) is 12.2. The minimum absolute atomic E-state index is 0.235. The molecule has 0 bridgehead atoms. The van der Waals surface area contributed by atoms with E-state index in [1.807, 2.05) is 68.4 Å². The lowest BCUT2D eigenvalue weighted by atomic mass is 10.1. The minimum atomic E-state index is 0.235. The number of hydrogen-bond donors (Lipinski definition) is 0. The largest absolute Gasteiger partial charge is 0.484 e. The fraction of sp³-hybridized carbons (Fsp3) is 0.150. The molecule has 4 aromatic rings. The summed E-state index contributed by atoms with van der Waals surface area (Å²) in [5.74, 6) is 1.77. The number of nitrogens with zero attached hydrogens (tertiary/aromatic N) is 3. The fourth-order valence-electron chi connectivity index (χ4n) is 2.77. The van der Waals surface area contributed by atoms with Gasteiger partial charge in [-0.05, 0) is 43.7 Å². The molecule has 0 unspecified atom stereocenters. The molecule has 0 radical (unpaired) electrons. The molecule has 0 atom stereocenters. The van der Waals surface area contributed by atoms with Crippen LogP contribution in [0, 0.1) is 13.8 Å². The summed E-state index contributed by atoms with van der Waals surface area (Å²) in [6.07, 6.45) is 0. The molecular weight excluding hydrogens is 314 g/mol. The van der Waals surface area contributed by atoms with E-state index >= 15 is 0 Å². The number of hydrogen-bond acceptors (Lipinski definition) is 5. The number of rotatable bonds is 4. The minimum Gasteiger partial charge on any atom is -0.484 e. The highest BCUT2D eigenvalue weighted by molar-refractivity contribution is 5.92. The third-order valence-corrected chi connectivity index (χ3v) is 3.91. The lowest BCUT2D eigenvalue weighted by Crippen LogP contribution is -1.96. The van der Waals surface area contributed by atoms with Crippen LogP contribution < -0.4 is 4.74 Å².